The molecule has 0 aromatic rings. The van der Waals surface area contributed by atoms with E-state index in [0.717, 1.165) is 38.9 Å². The van der Waals surface area contributed by atoms with E-state index in [1.54, 1.807) is 0 Å². The van der Waals surface area contributed by atoms with Gasteiger partial charge in [0.15, 0.2) is 0 Å². The number of ether oxygens (including phenoxy) is 1. The predicted molar refractivity (Wildman–Crippen MR) is 49.6 cm³/mol. The van der Waals surface area contributed by atoms with E-state index < -0.39 is 0 Å². The highest BCUT2D eigenvalue weighted by Gasteiger charge is 2.33. The van der Waals surface area contributed by atoms with Crippen molar-refractivity contribution in [3.63, 3.8) is 0 Å². The molecule has 1 saturated carbocycles. The van der Waals surface area contributed by atoms with Crippen molar-refractivity contribution in [2.45, 2.75) is 37.8 Å². The molecule has 1 saturated heterocycles. The molecule has 1 heterocycles. The largest absolute Gasteiger partial charge is 0.380 e. The molecule has 2 fully saturated rings. The second-order valence-electron chi connectivity index (χ2n) is 4.06. The van der Waals surface area contributed by atoms with E-state index in [1.165, 1.54) is 0 Å². The van der Waals surface area contributed by atoms with Gasteiger partial charge in [-0.3, -0.25) is 9.69 Å². The lowest BCUT2D eigenvalue weighted by molar-refractivity contribution is -0.122. The molecule has 1 aliphatic heterocycles. The quantitative estimate of drug-likeness (QED) is 0.635. The van der Waals surface area contributed by atoms with Crippen LogP contribution in [0, 0.1) is 0 Å². The Bertz CT molecular complexity index is 199. The first kappa shape index (κ1) is 9.16. The highest BCUT2D eigenvalue weighted by molar-refractivity contribution is 5.85. The van der Waals surface area contributed by atoms with Crippen LogP contribution in [0.4, 0.5) is 0 Å². The molecule has 2 unspecified atom stereocenters. The smallest absolute Gasteiger partial charge is 0.149 e. The number of carbonyl (C=O) groups excluding carboxylic acids is 1. The highest BCUT2D eigenvalue weighted by Crippen LogP contribution is 2.23. The Morgan fingerprint density at radius 3 is 2.85 bits per heavy atom. The number of hydrogen-bond donors (Lipinski definition) is 0. The lowest BCUT2D eigenvalue weighted by Gasteiger charge is -2.27. The van der Waals surface area contributed by atoms with Gasteiger partial charge in [0.2, 0.25) is 0 Å². The number of nitrogens with zero attached hydrogens (tertiary/aromatic N) is 1. The summed E-state index contributed by atoms with van der Waals surface area (Å²) in [5.41, 5.74) is 0. The van der Waals surface area contributed by atoms with Crippen LogP contribution in [0.25, 0.3) is 0 Å². The molecule has 2 atom stereocenters. The molecule has 2 aliphatic rings. The Labute approximate surface area is 79.0 Å². The SMILES string of the molecule is CN(C1CCOC1)C1CCCC1=O. The van der Waals surface area contributed by atoms with Gasteiger partial charge in [-0.15, -0.1) is 0 Å². The Hall–Kier alpha value is -0.410. The molecule has 0 aromatic heterocycles. The molecule has 74 valence electrons. The van der Waals surface area contributed by atoms with Crippen LogP contribution in [0.1, 0.15) is 25.7 Å². The minimum atomic E-state index is 0.187. The molecule has 13 heavy (non-hydrogen) atoms. The van der Waals surface area contributed by atoms with Gasteiger partial charge in [0.1, 0.15) is 5.78 Å². The van der Waals surface area contributed by atoms with Crippen molar-refractivity contribution in [2.24, 2.45) is 0 Å². The first-order valence-corrected chi connectivity index (χ1v) is 5.11. The average molecular weight is 183 g/mol. The Balaban J connectivity index is 1.94. The molecule has 0 bridgehead atoms. The van der Waals surface area contributed by atoms with Crippen LogP contribution >= 0.6 is 0 Å². The second kappa shape index (κ2) is 3.76. The van der Waals surface area contributed by atoms with E-state index >= 15 is 0 Å². The standard InChI is InChI=1S/C10H17NO2/c1-11(8-5-6-13-7-8)9-3-2-4-10(9)12/h8-9H,2-7H2,1H3. The minimum Gasteiger partial charge on any atom is -0.380 e. The van der Waals surface area contributed by atoms with Gasteiger partial charge in [-0.1, -0.05) is 0 Å². The van der Waals surface area contributed by atoms with Gasteiger partial charge in [0, 0.05) is 19.1 Å². The molecular weight excluding hydrogens is 166 g/mol. The van der Waals surface area contributed by atoms with Crippen molar-refractivity contribution in [1.82, 2.24) is 4.90 Å². The minimum absolute atomic E-state index is 0.187. The molecule has 1 aliphatic carbocycles. The summed E-state index contributed by atoms with van der Waals surface area (Å²) in [5, 5.41) is 0. The fourth-order valence-corrected chi connectivity index (χ4v) is 2.33. The number of rotatable bonds is 2. The molecule has 0 spiro atoms. The zero-order valence-electron chi connectivity index (χ0n) is 8.16. The third-order valence-corrected chi connectivity index (χ3v) is 3.25. The molecular formula is C10H17NO2. The third-order valence-electron chi connectivity index (χ3n) is 3.25. The first-order chi connectivity index (χ1) is 6.29. The van der Waals surface area contributed by atoms with E-state index in [0.29, 0.717) is 11.8 Å². The lowest BCUT2D eigenvalue weighted by atomic mass is 10.1. The topological polar surface area (TPSA) is 29.5 Å². The lowest BCUT2D eigenvalue weighted by Crippen LogP contribution is -2.42. The number of ketones is 1. The maximum absolute atomic E-state index is 11.5. The normalized spacial score (nSPS) is 34.8. The molecule has 3 nitrogen and oxygen atoms in total. The zero-order chi connectivity index (χ0) is 9.26. The van der Waals surface area contributed by atoms with E-state index in [1.807, 2.05) is 0 Å². The van der Waals surface area contributed by atoms with Gasteiger partial charge in [-0.05, 0) is 26.3 Å². The van der Waals surface area contributed by atoms with Crippen LogP contribution in [-0.4, -0.2) is 43.0 Å². The van der Waals surface area contributed by atoms with Crippen LogP contribution < -0.4 is 0 Å². The van der Waals surface area contributed by atoms with E-state index in [2.05, 4.69) is 11.9 Å². The Morgan fingerprint density at radius 2 is 2.31 bits per heavy atom. The number of hydrogen-bond acceptors (Lipinski definition) is 3. The van der Waals surface area contributed by atoms with Gasteiger partial charge in [0.25, 0.3) is 0 Å². The van der Waals surface area contributed by atoms with Crippen LogP contribution in [0.2, 0.25) is 0 Å². The Kier molecular flexibility index (Phi) is 2.65. The summed E-state index contributed by atoms with van der Waals surface area (Å²) in [7, 11) is 2.06. The summed E-state index contributed by atoms with van der Waals surface area (Å²) in [5.74, 6) is 0.425. The fourth-order valence-electron chi connectivity index (χ4n) is 2.33. The van der Waals surface area contributed by atoms with Crippen LogP contribution in [-0.2, 0) is 9.53 Å². The maximum atomic E-state index is 11.5. The molecule has 0 radical (unpaired) electrons. The van der Waals surface area contributed by atoms with Crippen molar-refractivity contribution in [3.8, 4) is 0 Å². The number of carbonyl (C=O) groups is 1. The van der Waals surface area contributed by atoms with Gasteiger partial charge in [-0.2, -0.15) is 0 Å². The van der Waals surface area contributed by atoms with Gasteiger partial charge >= 0.3 is 0 Å². The van der Waals surface area contributed by atoms with E-state index in [4.69, 9.17) is 4.74 Å². The number of likely N-dealkylation sites (N-methyl/N-ethyl adjacent to an activating group) is 1. The zero-order valence-corrected chi connectivity index (χ0v) is 8.16. The van der Waals surface area contributed by atoms with Crippen molar-refractivity contribution in [2.75, 3.05) is 20.3 Å². The van der Waals surface area contributed by atoms with Crippen molar-refractivity contribution >= 4 is 5.78 Å². The van der Waals surface area contributed by atoms with E-state index in [-0.39, 0.29) is 6.04 Å². The van der Waals surface area contributed by atoms with Crippen LogP contribution in [0.3, 0.4) is 0 Å². The predicted octanol–water partition coefficient (Wildman–Crippen LogP) is 0.829. The summed E-state index contributed by atoms with van der Waals surface area (Å²) in [6, 6.07) is 0.666. The molecule has 0 amide bonds. The molecule has 0 aromatic carbocycles. The fraction of sp³-hybridized carbons (Fsp3) is 0.900. The monoisotopic (exact) mass is 183 g/mol. The highest BCUT2D eigenvalue weighted by atomic mass is 16.5. The van der Waals surface area contributed by atoms with Gasteiger partial charge in [0.05, 0.1) is 12.6 Å². The number of Topliss-reactive ketones (excluding diaryl/α,β-unsaturated/α-hetero) is 1. The third kappa shape index (κ3) is 1.76. The van der Waals surface area contributed by atoms with Crippen LogP contribution in [0.5, 0.6) is 0 Å². The summed E-state index contributed by atoms with van der Waals surface area (Å²) in [6.45, 7) is 1.66. The van der Waals surface area contributed by atoms with Gasteiger partial charge < -0.3 is 4.74 Å². The summed E-state index contributed by atoms with van der Waals surface area (Å²) < 4.78 is 5.32. The maximum Gasteiger partial charge on any atom is 0.149 e. The van der Waals surface area contributed by atoms with Crippen LogP contribution in [0.15, 0.2) is 0 Å². The van der Waals surface area contributed by atoms with Gasteiger partial charge in [-0.25, -0.2) is 0 Å². The van der Waals surface area contributed by atoms with Crippen molar-refractivity contribution in [3.05, 3.63) is 0 Å². The Morgan fingerprint density at radius 1 is 1.46 bits per heavy atom. The summed E-state index contributed by atoms with van der Waals surface area (Å²) in [6.07, 6.45) is 3.98. The second-order valence-corrected chi connectivity index (χ2v) is 4.06. The van der Waals surface area contributed by atoms with E-state index in [9.17, 15) is 4.79 Å². The van der Waals surface area contributed by atoms with Crippen molar-refractivity contribution < 1.29 is 9.53 Å². The summed E-state index contributed by atoms with van der Waals surface area (Å²) >= 11 is 0. The molecule has 3 heteroatoms. The summed E-state index contributed by atoms with van der Waals surface area (Å²) in [4.78, 5) is 13.7. The average Bonchev–Trinajstić information content (AvgIpc) is 2.72. The molecule has 2 rings (SSSR count). The van der Waals surface area contributed by atoms with Crippen molar-refractivity contribution in [1.29, 1.82) is 0 Å². The first-order valence-electron chi connectivity index (χ1n) is 5.11. The molecule has 0 N–H and O–H groups in total.